The topological polar surface area (TPSA) is 66.4 Å². The molecule has 0 aromatic rings. The molecule has 0 aromatic carbocycles. The van der Waals surface area contributed by atoms with Crippen molar-refractivity contribution in [2.45, 2.75) is 103 Å². The van der Waals surface area contributed by atoms with Gasteiger partial charge in [0, 0.05) is 18.8 Å². The maximum Gasteiger partial charge on any atom is 0.306 e. The number of hydrogen-bond acceptors (Lipinski definition) is 4. The number of unbranched alkanes of at least 4 members (excludes halogenated alkanes) is 7. The summed E-state index contributed by atoms with van der Waals surface area (Å²) < 4.78 is 5.92. The van der Waals surface area contributed by atoms with Gasteiger partial charge in [0.25, 0.3) is 0 Å². The van der Waals surface area contributed by atoms with Gasteiger partial charge in [0.2, 0.25) is 0 Å². The Hall–Kier alpha value is -1.10. The number of carboxylic acids is 1. The highest BCUT2D eigenvalue weighted by Gasteiger charge is 2.22. The molecular weight excluding hydrogens is 354 g/mol. The van der Waals surface area contributed by atoms with Crippen molar-refractivity contribution in [2.24, 2.45) is 5.92 Å². The summed E-state index contributed by atoms with van der Waals surface area (Å²) in [5.41, 5.74) is 0. The first-order chi connectivity index (χ1) is 13.1. The van der Waals surface area contributed by atoms with Gasteiger partial charge in [-0.05, 0) is 12.3 Å². The predicted octanol–water partition coefficient (Wildman–Crippen LogP) is 4.08. The minimum atomic E-state index is -1.17. The number of carbonyl (C=O) groups excluding carboxylic acids is 2. The number of ether oxygens (including phenoxy) is 1. The van der Waals surface area contributed by atoms with E-state index in [0.29, 0.717) is 17.4 Å². The second-order valence-electron chi connectivity index (χ2n) is 9.42. The van der Waals surface area contributed by atoms with E-state index < -0.39 is 12.1 Å². The van der Waals surface area contributed by atoms with Crippen LogP contribution in [-0.2, 0) is 14.3 Å². The number of quaternary nitrogens is 1. The lowest BCUT2D eigenvalue weighted by molar-refractivity contribution is -0.873. The number of hydrogen-bond donors (Lipinski definition) is 0. The first-order valence-electron chi connectivity index (χ1n) is 11.3. The third-order valence-corrected chi connectivity index (χ3v) is 5.07. The third-order valence-electron chi connectivity index (χ3n) is 5.07. The van der Waals surface area contributed by atoms with Crippen molar-refractivity contribution in [1.29, 1.82) is 0 Å². The lowest BCUT2D eigenvalue weighted by Gasteiger charge is -2.29. The van der Waals surface area contributed by atoms with Crippen molar-refractivity contribution in [3.05, 3.63) is 0 Å². The number of aliphatic carboxylic acids is 1. The maximum atomic E-state index is 12.0. The second kappa shape index (κ2) is 15.8. The summed E-state index contributed by atoms with van der Waals surface area (Å²) in [6.45, 7) is 5.09. The van der Waals surface area contributed by atoms with E-state index in [1.165, 1.54) is 51.4 Å². The molecule has 0 rings (SSSR count). The fourth-order valence-electron chi connectivity index (χ4n) is 3.53. The van der Waals surface area contributed by atoms with Gasteiger partial charge in [0.15, 0.2) is 6.10 Å². The van der Waals surface area contributed by atoms with Gasteiger partial charge in [-0.3, -0.25) is 4.79 Å². The Morgan fingerprint density at radius 3 is 1.96 bits per heavy atom. The van der Waals surface area contributed by atoms with Gasteiger partial charge in [-0.1, -0.05) is 78.1 Å². The van der Waals surface area contributed by atoms with Crippen LogP contribution in [0.1, 0.15) is 97.3 Å². The highest BCUT2D eigenvalue weighted by molar-refractivity contribution is 5.70. The van der Waals surface area contributed by atoms with E-state index in [2.05, 4.69) is 13.8 Å². The quantitative estimate of drug-likeness (QED) is 0.198. The lowest BCUT2D eigenvalue weighted by Crippen LogP contribution is -2.45. The number of nitrogens with zero attached hydrogens (tertiary/aromatic N) is 1. The van der Waals surface area contributed by atoms with Crippen molar-refractivity contribution in [3.63, 3.8) is 0 Å². The van der Waals surface area contributed by atoms with Crippen molar-refractivity contribution in [1.82, 2.24) is 0 Å². The minimum absolute atomic E-state index is 0.238. The molecule has 5 heteroatoms. The van der Waals surface area contributed by atoms with Crippen LogP contribution in [0.2, 0.25) is 0 Å². The molecule has 5 nitrogen and oxygen atoms in total. The smallest absolute Gasteiger partial charge is 0.306 e. The Balaban J connectivity index is 3.73. The molecule has 2 atom stereocenters. The zero-order valence-electron chi connectivity index (χ0n) is 19.1. The molecule has 0 bridgehead atoms. The molecule has 0 aliphatic carbocycles. The van der Waals surface area contributed by atoms with Gasteiger partial charge in [0.05, 0.1) is 21.1 Å². The van der Waals surface area contributed by atoms with Crippen LogP contribution >= 0.6 is 0 Å². The molecule has 0 N–H and O–H groups in total. The normalized spacial score (nSPS) is 13.9. The number of carbonyl (C=O) groups is 2. The average Bonchev–Trinajstić information content (AvgIpc) is 2.56. The summed E-state index contributed by atoms with van der Waals surface area (Å²) in [6.07, 6.45) is 13.0. The fourth-order valence-corrected chi connectivity index (χ4v) is 3.53. The van der Waals surface area contributed by atoms with Crippen molar-refractivity contribution >= 4 is 11.9 Å². The fraction of sp³-hybridized carbons (Fsp3) is 0.913. The summed E-state index contributed by atoms with van der Waals surface area (Å²) in [7, 11) is 5.84. The SMILES string of the molecule is CCCCC(C)CCCCCCCCCC(=O)OC(CC(=O)[O-])C[N+](C)(C)C. The van der Waals surface area contributed by atoms with Gasteiger partial charge in [0.1, 0.15) is 6.54 Å². The highest BCUT2D eigenvalue weighted by Crippen LogP contribution is 2.17. The minimum Gasteiger partial charge on any atom is -0.550 e. The van der Waals surface area contributed by atoms with Crippen LogP contribution in [0.15, 0.2) is 0 Å². The van der Waals surface area contributed by atoms with Crippen LogP contribution in [0.3, 0.4) is 0 Å². The first-order valence-corrected chi connectivity index (χ1v) is 11.3. The molecular formula is C23H45NO4. The summed E-state index contributed by atoms with van der Waals surface area (Å²) in [5, 5.41) is 10.9. The van der Waals surface area contributed by atoms with Crippen molar-refractivity contribution in [2.75, 3.05) is 27.7 Å². The van der Waals surface area contributed by atoms with Crippen LogP contribution in [0, 0.1) is 5.92 Å². The number of carboxylic acid groups (broad SMARTS) is 1. The van der Waals surface area contributed by atoms with Gasteiger partial charge < -0.3 is 19.1 Å². The summed E-state index contributed by atoms with van der Waals surface area (Å²) in [4.78, 5) is 22.8. The largest absolute Gasteiger partial charge is 0.550 e. The van der Waals surface area contributed by atoms with Gasteiger partial charge in [-0.15, -0.1) is 0 Å². The summed E-state index contributed by atoms with van der Waals surface area (Å²) >= 11 is 0. The predicted molar refractivity (Wildman–Crippen MR) is 113 cm³/mol. The first kappa shape index (κ1) is 26.9. The van der Waals surface area contributed by atoms with Crippen LogP contribution in [-0.4, -0.2) is 50.2 Å². The van der Waals surface area contributed by atoms with Gasteiger partial charge in [-0.2, -0.15) is 0 Å². The van der Waals surface area contributed by atoms with Crippen LogP contribution < -0.4 is 5.11 Å². The molecule has 0 aromatic heterocycles. The van der Waals surface area contributed by atoms with Gasteiger partial charge >= 0.3 is 5.97 Å². The highest BCUT2D eigenvalue weighted by atomic mass is 16.5. The molecule has 2 unspecified atom stereocenters. The molecule has 0 aliphatic heterocycles. The number of esters is 1. The second-order valence-corrected chi connectivity index (χ2v) is 9.42. The standard InChI is InChI=1S/C23H45NO4/c1-6-7-15-20(2)16-13-11-9-8-10-12-14-17-23(27)28-21(18-22(25)26)19-24(3,4)5/h20-21H,6-19H2,1-5H3. The lowest BCUT2D eigenvalue weighted by atomic mass is 9.97. The van der Waals surface area contributed by atoms with E-state index in [0.717, 1.165) is 25.2 Å². The molecule has 0 aliphatic rings. The molecule has 166 valence electrons. The van der Waals surface area contributed by atoms with Crippen LogP contribution in [0.4, 0.5) is 0 Å². The Morgan fingerprint density at radius 2 is 1.43 bits per heavy atom. The molecule has 0 radical (unpaired) electrons. The van der Waals surface area contributed by atoms with Crippen molar-refractivity contribution in [3.8, 4) is 0 Å². The molecule has 0 saturated carbocycles. The summed E-state index contributed by atoms with van der Waals surface area (Å²) in [5.74, 6) is -0.601. The molecule has 0 spiro atoms. The van der Waals surface area contributed by atoms with Crippen LogP contribution in [0.25, 0.3) is 0 Å². The monoisotopic (exact) mass is 399 g/mol. The Labute approximate surface area is 173 Å². The molecule has 28 heavy (non-hydrogen) atoms. The van der Waals surface area contributed by atoms with Crippen LogP contribution in [0.5, 0.6) is 0 Å². The zero-order valence-corrected chi connectivity index (χ0v) is 19.1. The molecule has 0 heterocycles. The molecule has 0 amide bonds. The van der Waals surface area contributed by atoms with E-state index in [-0.39, 0.29) is 12.4 Å². The van der Waals surface area contributed by atoms with E-state index in [9.17, 15) is 14.7 Å². The van der Waals surface area contributed by atoms with E-state index in [4.69, 9.17) is 4.74 Å². The number of rotatable bonds is 18. The van der Waals surface area contributed by atoms with Crippen molar-refractivity contribution < 1.29 is 23.9 Å². The average molecular weight is 400 g/mol. The molecule has 0 fully saturated rings. The van der Waals surface area contributed by atoms with E-state index >= 15 is 0 Å². The Morgan fingerprint density at radius 1 is 0.893 bits per heavy atom. The third kappa shape index (κ3) is 18.3. The van der Waals surface area contributed by atoms with Gasteiger partial charge in [-0.25, -0.2) is 0 Å². The Kier molecular flexibility index (Phi) is 15.2. The Bertz CT molecular complexity index is 417. The maximum absolute atomic E-state index is 12.0. The zero-order chi connectivity index (χ0) is 21.4. The van der Waals surface area contributed by atoms with E-state index in [1.54, 1.807) is 0 Å². The number of likely N-dealkylation sites (N-methyl/N-ethyl adjacent to an activating group) is 1. The van der Waals surface area contributed by atoms with E-state index in [1.807, 2.05) is 21.1 Å². The molecule has 0 saturated heterocycles. The summed E-state index contributed by atoms with van der Waals surface area (Å²) in [6, 6.07) is 0.